The Balaban J connectivity index is 1.95. The van der Waals surface area contributed by atoms with Gasteiger partial charge in [-0.25, -0.2) is 0 Å². The molecule has 5 fully saturated rings. The second-order valence-corrected chi connectivity index (χ2v) is 4.65. The lowest BCUT2D eigenvalue weighted by Crippen LogP contribution is -2.31. The zero-order valence-electron chi connectivity index (χ0n) is 6.77. The SMILES string of the molecule is O=C1O[C@@H]2C3[C@H]4C[C@H]2[C@@H]1[C@]34C(=O)O. The fourth-order valence-corrected chi connectivity index (χ4v) is 4.34. The van der Waals surface area contributed by atoms with Crippen LogP contribution < -0.4 is 0 Å². The van der Waals surface area contributed by atoms with Crippen molar-refractivity contribution < 1.29 is 19.4 Å². The molecule has 4 nitrogen and oxygen atoms in total. The summed E-state index contributed by atoms with van der Waals surface area (Å²) < 4.78 is 5.14. The van der Waals surface area contributed by atoms with E-state index in [0.29, 0.717) is 0 Å². The zero-order chi connectivity index (χ0) is 8.96. The molecule has 4 heteroatoms. The van der Waals surface area contributed by atoms with Crippen molar-refractivity contribution >= 4 is 11.9 Å². The van der Waals surface area contributed by atoms with Gasteiger partial charge in [0.15, 0.2) is 0 Å². The molecular formula is C9H8O4. The summed E-state index contributed by atoms with van der Waals surface area (Å²) in [7, 11) is 0. The number of aliphatic carboxylic acids is 1. The van der Waals surface area contributed by atoms with E-state index < -0.39 is 11.4 Å². The minimum absolute atomic E-state index is 0.0430. The van der Waals surface area contributed by atoms with Gasteiger partial charge in [0.2, 0.25) is 0 Å². The van der Waals surface area contributed by atoms with Gasteiger partial charge in [-0.2, -0.15) is 0 Å². The summed E-state index contributed by atoms with van der Waals surface area (Å²) in [6.07, 6.45) is 0.858. The number of hydrogen-bond acceptors (Lipinski definition) is 3. The summed E-state index contributed by atoms with van der Waals surface area (Å²) in [5, 5.41) is 9.14. The molecule has 1 heterocycles. The highest BCUT2D eigenvalue weighted by atomic mass is 16.6. The number of carboxylic acids is 1. The van der Waals surface area contributed by atoms with Gasteiger partial charge in [-0.15, -0.1) is 0 Å². The Morgan fingerprint density at radius 1 is 1.62 bits per heavy atom. The lowest BCUT2D eigenvalue weighted by molar-refractivity contribution is -0.160. The molecule has 0 spiro atoms. The molecule has 1 N–H and O–H groups in total. The Hall–Kier alpha value is -1.06. The Morgan fingerprint density at radius 3 is 2.92 bits per heavy atom. The predicted octanol–water partition coefficient (Wildman–Crippen LogP) is -0.121. The van der Waals surface area contributed by atoms with Crippen molar-refractivity contribution in [1.82, 2.24) is 0 Å². The van der Waals surface area contributed by atoms with Gasteiger partial charge in [0.1, 0.15) is 6.10 Å². The summed E-state index contributed by atoms with van der Waals surface area (Å²) in [5.41, 5.74) is -0.676. The van der Waals surface area contributed by atoms with E-state index in [2.05, 4.69) is 0 Å². The third-order valence-corrected chi connectivity index (χ3v) is 4.61. The van der Waals surface area contributed by atoms with Gasteiger partial charge in [0.25, 0.3) is 0 Å². The standard InChI is InChI=1S/C9H8O4/c10-7-4-2-1-3-5(6(2)13-7)9(3,4)8(11)12/h2-6H,1H2,(H,11,12)/t2-,3+,4-,5?,6-,9-/m0/s1. The van der Waals surface area contributed by atoms with E-state index in [4.69, 9.17) is 9.84 Å². The Bertz CT molecular complexity index is 361. The molecule has 5 rings (SSSR count). The van der Waals surface area contributed by atoms with Crippen LogP contribution in [0.5, 0.6) is 0 Å². The van der Waals surface area contributed by atoms with Crippen LogP contribution in [-0.2, 0) is 14.3 Å². The molecule has 0 aromatic rings. The molecule has 0 aromatic carbocycles. The number of carbonyl (C=O) groups is 2. The maximum atomic E-state index is 11.3. The monoisotopic (exact) mass is 180 g/mol. The Kier molecular flexibility index (Phi) is 0.682. The first-order valence-corrected chi connectivity index (χ1v) is 4.63. The molecule has 6 atom stereocenters. The van der Waals surface area contributed by atoms with Crippen LogP contribution in [0.4, 0.5) is 0 Å². The molecule has 0 amide bonds. The molecule has 1 unspecified atom stereocenters. The maximum absolute atomic E-state index is 11.3. The van der Waals surface area contributed by atoms with Crippen LogP contribution in [0, 0.1) is 29.1 Å². The van der Waals surface area contributed by atoms with E-state index in [-0.39, 0.29) is 35.7 Å². The van der Waals surface area contributed by atoms with Gasteiger partial charge in [0, 0.05) is 11.8 Å². The highest BCUT2D eigenvalue weighted by Gasteiger charge is 2.92. The third-order valence-electron chi connectivity index (χ3n) is 4.61. The molecule has 4 aliphatic carbocycles. The third kappa shape index (κ3) is 0.365. The van der Waals surface area contributed by atoms with Crippen LogP contribution in [0.3, 0.4) is 0 Å². The average molecular weight is 180 g/mol. The second-order valence-electron chi connectivity index (χ2n) is 4.65. The van der Waals surface area contributed by atoms with Crippen LogP contribution in [0.25, 0.3) is 0 Å². The van der Waals surface area contributed by atoms with Crippen LogP contribution >= 0.6 is 0 Å². The van der Waals surface area contributed by atoms with Crippen LogP contribution in [0.2, 0.25) is 0 Å². The Labute approximate surface area is 73.9 Å². The molecule has 1 saturated heterocycles. The van der Waals surface area contributed by atoms with Crippen LogP contribution in [0.15, 0.2) is 0 Å². The molecular weight excluding hydrogens is 172 g/mol. The number of esters is 1. The van der Waals surface area contributed by atoms with Gasteiger partial charge in [0.05, 0.1) is 11.3 Å². The molecule has 6 bridgehead atoms. The summed E-state index contributed by atoms with van der Waals surface area (Å²) in [6.45, 7) is 0. The zero-order valence-corrected chi connectivity index (χ0v) is 6.77. The summed E-state index contributed by atoms with van der Waals surface area (Å²) in [4.78, 5) is 22.5. The number of carboxylic acid groups (broad SMARTS) is 1. The Morgan fingerprint density at radius 2 is 2.38 bits per heavy atom. The lowest BCUT2D eigenvalue weighted by atomic mass is 9.90. The van der Waals surface area contributed by atoms with E-state index in [0.717, 1.165) is 6.42 Å². The molecule has 5 aliphatic rings. The number of carbonyl (C=O) groups excluding carboxylic acids is 1. The van der Waals surface area contributed by atoms with Crippen molar-refractivity contribution in [3.05, 3.63) is 0 Å². The average Bonchev–Trinajstić information content (AvgIpc) is 2.45. The normalized spacial score (nSPS) is 64.0. The van der Waals surface area contributed by atoms with Crippen molar-refractivity contribution in [3.8, 4) is 0 Å². The first kappa shape index (κ1) is 6.40. The summed E-state index contributed by atoms with van der Waals surface area (Å²) in [5.74, 6) is -0.680. The minimum atomic E-state index is -0.769. The van der Waals surface area contributed by atoms with Gasteiger partial charge < -0.3 is 9.84 Å². The van der Waals surface area contributed by atoms with Gasteiger partial charge >= 0.3 is 11.9 Å². The largest absolute Gasteiger partial charge is 0.481 e. The number of rotatable bonds is 1. The minimum Gasteiger partial charge on any atom is -0.481 e. The maximum Gasteiger partial charge on any atom is 0.311 e. The fourth-order valence-electron chi connectivity index (χ4n) is 4.34. The van der Waals surface area contributed by atoms with Crippen molar-refractivity contribution in [1.29, 1.82) is 0 Å². The van der Waals surface area contributed by atoms with Gasteiger partial charge in [-0.05, 0) is 12.3 Å². The molecule has 68 valence electrons. The highest BCUT2D eigenvalue weighted by Crippen LogP contribution is 2.84. The van der Waals surface area contributed by atoms with E-state index >= 15 is 0 Å². The van der Waals surface area contributed by atoms with E-state index in [1.165, 1.54) is 0 Å². The second kappa shape index (κ2) is 1.38. The van der Waals surface area contributed by atoms with Gasteiger partial charge in [-0.1, -0.05) is 0 Å². The van der Waals surface area contributed by atoms with Crippen molar-refractivity contribution in [2.75, 3.05) is 0 Å². The number of hydrogen-bond donors (Lipinski definition) is 1. The predicted molar refractivity (Wildman–Crippen MR) is 38.5 cm³/mol. The molecule has 1 aliphatic heterocycles. The van der Waals surface area contributed by atoms with Crippen molar-refractivity contribution in [3.63, 3.8) is 0 Å². The summed E-state index contributed by atoms with van der Waals surface area (Å²) in [6, 6.07) is 0. The molecule has 4 saturated carbocycles. The topological polar surface area (TPSA) is 63.6 Å². The first-order valence-electron chi connectivity index (χ1n) is 4.63. The van der Waals surface area contributed by atoms with Crippen LogP contribution in [0.1, 0.15) is 6.42 Å². The van der Waals surface area contributed by atoms with Crippen molar-refractivity contribution in [2.45, 2.75) is 12.5 Å². The smallest absolute Gasteiger partial charge is 0.311 e. The van der Waals surface area contributed by atoms with E-state index in [9.17, 15) is 9.59 Å². The fraction of sp³-hybridized carbons (Fsp3) is 0.778. The number of ether oxygens (including phenoxy) is 1. The van der Waals surface area contributed by atoms with Gasteiger partial charge in [-0.3, -0.25) is 9.59 Å². The van der Waals surface area contributed by atoms with E-state index in [1.807, 2.05) is 0 Å². The van der Waals surface area contributed by atoms with E-state index in [1.54, 1.807) is 0 Å². The molecule has 0 radical (unpaired) electrons. The molecule has 0 aromatic heterocycles. The summed E-state index contributed by atoms with van der Waals surface area (Å²) >= 11 is 0. The highest BCUT2D eigenvalue weighted by molar-refractivity contribution is 5.93. The first-order chi connectivity index (χ1) is 6.19. The van der Waals surface area contributed by atoms with Crippen molar-refractivity contribution in [2.24, 2.45) is 29.1 Å². The lowest BCUT2D eigenvalue weighted by Gasteiger charge is -2.16. The quantitative estimate of drug-likeness (QED) is 0.571. The van der Waals surface area contributed by atoms with Crippen LogP contribution in [-0.4, -0.2) is 23.1 Å². The molecule has 13 heavy (non-hydrogen) atoms.